The highest BCUT2D eigenvalue weighted by Crippen LogP contribution is 2.60. The molecule has 3 heterocycles. The van der Waals surface area contributed by atoms with Crippen LogP contribution in [0.25, 0.3) is 16.6 Å². The molecule has 3 atom stereocenters. The number of hydrogen-bond donors (Lipinski definition) is 0. The highest BCUT2D eigenvalue weighted by atomic mass is 32.2. The third-order valence-electron chi connectivity index (χ3n) is 9.62. The van der Waals surface area contributed by atoms with Crippen LogP contribution in [-0.2, 0) is 32.3 Å². The van der Waals surface area contributed by atoms with Crippen LogP contribution in [0.1, 0.15) is 36.5 Å². The maximum absolute atomic E-state index is 14.0. The summed E-state index contributed by atoms with van der Waals surface area (Å²) in [6.45, 7) is 5.35. The number of halogens is 1. The smallest absolute Gasteiger partial charge is 0.246 e. The molecular formula is C33H34FN5O3S. The van der Waals surface area contributed by atoms with Crippen LogP contribution in [0.5, 0.6) is 0 Å². The van der Waals surface area contributed by atoms with Gasteiger partial charge in [-0.1, -0.05) is 30.3 Å². The Balaban J connectivity index is 1.35. The minimum absolute atomic E-state index is 0.0203. The van der Waals surface area contributed by atoms with E-state index >= 15 is 0 Å². The van der Waals surface area contributed by atoms with Gasteiger partial charge in [-0.3, -0.25) is 4.68 Å². The fraction of sp³-hybridized carbons (Fsp3) is 0.333. The van der Waals surface area contributed by atoms with Crippen LogP contribution in [0.3, 0.4) is 0 Å². The largest absolute Gasteiger partial charge is 0.373 e. The summed E-state index contributed by atoms with van der Waals surface area (Å²) >= 11 is 0. The third-order valence-corrected chi connectivity index (χ3v) is 11.4. The van der Waals surface area contributed by atoms with Crippen LogP contribution in [0.4, 0.5) is 4.39 Å². The standard InChI is InChI=1S/C33H34FN5O3S/c1-4-37-20-29(18-35-37)43(40,41)38-19-26-16-33(42-3,25-8-6-5-7-9-25)21-32(26,22-38)30-15-24-17-36-39(31(24)14-23(30)2)28-12-10-27(34)11-13-28/h5-15,17-18,20,26H,4,16,19,21-22H2,1-3H3. The zero-order valence-corrected chi connectivity index (χ0v) is 25.3. The van der Waals surface area contributed by atoms with Crippen molar-refractivity contribution in [1.82, 2.24) is 23.9 Å². The van der Waals surface area contributed by atoms with Crippen molar-refractivity contribution in [3.8, 4) is 5.69 Å². The number of fused-ring (bicyclic) bond motifs is 2. The second kappa shape index (κ2) is 10.1. The molecule has 1 saturated heterocycles. The van der Waals surface area contributed by atoms with Crippen LogP contribution >= 0.6 is 0 Å². The predicted octanol–water partition coefficient (Wildman–Crippen LogP) is 5.58. The van der Waals surface area contributed by atoms with E-state index in [4.69, 9.17) is 4.74 Å². The van der Waals surface area contributed by atoms with E-state index in [2.05, 4.69) is 41.4 Å². The highest BCUT2D eigenvalue weighted by molar-refractivity contribution is 7.89. The zero-order chi connectivity index (χ0) is 30.0. The first kappa shape index (κ1) is 27.9. The fourth-order valence-corrected chi connectivity index (χ4v) is 9.00. The molecule has 2 aliphatic rings. The number of ether oxygens (including phenoxy) is 1. The van der Waals surface area contributed by atoms with E-state index < -0.39 is 21.0 Å². The normalized spacial score (nSPS) is 24.1. The molecule has 0 bridgehead atoms. The summed E-state index contributed by atoms with van der Waals surface area (Å²) in [6, 6.07) is 20.8. The zero-order valence-electron chi connectivity index (χ0n) is 24.4. The first-order valence-corrected chi connectivity index (χ1v) is 16.0. The quantitative estimate of drug-likeness (QED) is 0.244. The molecule has 0 radical (unpaired) electrons. The van der Waals surface area contributed by atoms with Gasteiger partial charge in [0.15, 0.2) is 0 Å². The van der Waals surface area contributed by atoms with Gasteiger partial charge in [-0.15, -0.1) is 0 Å². The van der Waals surface area contributed by atoms with Gasteiger partial charge in [0, 0.05) is 43.7 Å². The van der Waals surface area contributed by atoms with Crippen LogP contribution in [-0.4, -0.2) is 52.5 Å². The molecule has 10 heteroatoms. The molecule has 7 rings (SSSR count). The average molecular weight is 600 g/mol. The Bertz CT molecular complexity index is 1920. The summed E-state index contributed by atoms with van der Waals surface area (Å²) in [6.07, 6.45) is 6.22. The van der Waals surface area contributed by atoms with E-state index in [1.807, 2.05) is 36.0 Å². The molecule has 1 aliphatic heterocycles. The van der Waals surface area contributed by atoms with E-state index in [1.165, 1.54) is 18.3 Å². The monoisotopic (exact) mass is 599 g/mol. The minimum Gasteiger partial charge on any atom is -0.373 e. The van der Waals surface area contributed by atoms with Crippen molar-refractivity contribution >= 4 is 20.9 Å². The molecule has 0 amide bonds. The molecule has 5 aromatic rings. The van der Waals surface area contributed by atoms with Crippen molar-refractivity contribution in [1.29, 1.82) is 0 Å². The van der Waals surface area contributed by atoms with Gasteiger partial charge in [-0.2, -0.15) is 14.5 Å². The Morgan fingerprint density at radius 1 is 1.05 bits per heavy atom. The first-order valence-electron chi connectivity index (χ1n) is 14.6. The van der Waals surface area contributed by atoms with Crippen molar-refractivity contribution < 1.29 is 17.5 Å². The molecule has 0 N–H and O–H groups in total. The van der Waals surface area contributed by atoms with Crippen LogP contribution in [0.15, 0.2) is 90.2 Å². The van der Waals surface area contributed by atoms with Crippen molar-refractivity contribution in [2.24, 2.45) is 5.92 Å². The van der Waals surface area contributed by atoms with Crippen molar-refractivity contribution in [3.05, 3.63) is 108 Å². The van der Waals surface area contributed by atoms with Gasteiger partial charge in [0.25, 0.3) is 0 Å². The summed E-state index contributed by atoms with van der Waals surface area (Å²) in [5.74, 6) is -0.278. The maximum Gasteiger partial charge on any atom is 0.246 e. The van der Waals surface area contributed by atoms with Gasteiger partial charge in [0.05, 0.1) is 29.2 Å². The lowest BCUT2D eigenvalue weighted by molar-refractivity contribution is -0.0183. The molecule has 43 heavy (non-hydrogen) atoms. The SMILES string of the molecule is CCn1cc(S(=O)(=O)N2CC3CC(OC)(c4ccccc4)CC3(c3cc4cnn(-c5ccc(F)cc5)c4cc3C)C2)cn1. The van der Waals surface area contributed by atoms with Gasteiger partial charge in [-0.05, 0) is 85.7 Å². The molecule has 3 aromatic carbocycles. The molecule has 2 fully saturated rings. The summed E-state index contributed by atoms with van der Waals surface area (Å²) in [7, 11) is -1.99. The second-order valence-electron chi connectivity index (χ2n) is 11.9. The van der Waals surface area contributed by atoms with E-state index in [1.54, 1.807) is 34.4 Å². The number of hydrogen-bond acceptors (Lipinski definition) is 5. The molecule has 3 unspecified atom stereocenters. The topological polar surface area (TPSA) is 82.3 Å². The minimum atomic E-state index is -3.75. The Morgan fingerprint density at radius 2 is 1.81 bits per heavy atom. The number of methoxy groups -OCH3 is 1. The van der Waals surface area contributed by atoms with Gasteiger partial charge < -0.3 is 4.74 Å². The molecule has 1 saturated carbocycles. The lowest BCUT2D eigenvalue weighted by atomic mass is 9.72. The number of rotatable bonds is 7. The van der Waals surface area contributed by atoms with Gasteiger partial charge in [0.1, 0.15) is 10.7 Å². The molecule has 2 aromatic heterocycles. The third kappa shape index (κ3) is 4.34. The first-order chi connectivity index (χ1) is 20.7. The van der Waals surface area contributed by atoms with Crippen LogP contribution < -0.4 is 0 Å². The molecule has 0 spiro atoms. The molecule has 8 nitrogen and oxygen atoms in total. The fourth-order valence-electron chi connectivity index (χ4n) is 7.49. The summed E-state index contributed by atoms with van der Waals surface area (Å²) in [5, 5.41) is 9.82. The van der Waals surface area contributed by atoms with E-state index in [0.717, 1.165) is 33.3 Å². The van der Waals surface area contributed by atoms with Crippen LogP contribution in [0.2, 0.25) is 0 Å². The summed E-state index contributed by atoms with van der Waals surface area (Å²) < 4.78 is 53.0. The molecule has 1 aliphatic carbocycles. The Labute approximate surface area is 250 Å². The van der Waals surface area contributed by atoms with Gasteiger partial charge in [0.2, 0.25) is 10.0 Å². The average Bonchev–Trinajstić information content (AvgIpc) is 3.79. The Hall–Kier alpha value is -3.86. The van der Waals surface area contributed by atoms with Gasteiger partial charge in [-0.25, -0.2) is 17.5 Å². The van der Waals surface area contributed by atoms with E-state index in [9.17, 15) is 12.8 Å². The highest BCUT2D eigenvalue weighted by Gasteiger charge is 2.62. The Morgan fingerprint density at radius 3 is 2.51 bits per heavy atom. The van der Waals surface area contributed by atoms with E-state index in [-0.39, 0.29) is 16.6 Å². The molecular weight excluding hydrogens is 565 g/mol. The molecule has 222 valence electrons. The summed E-state index contributed by atoms with van der Waals surface area (Å²) in [4.78, 5) is 0.221. The van der Waals surface area contributed by atoms with Crippen molar-refractivity contribution in [2.75, 3.05) is 20.2 Å². The summed E-state index contributed by atoms with van der Waals surface area (Å²) in [5.41, 5.74) is 3.92. The maximum atomic E-state index is 14.0. The van der Waals surface area contributed by atoms with E-state index in [0.29, 0.717) is 32.5 Å². The number of benzene rings is 3. The number of sulfonamides is 1. The number of aryl methyl sites for hydroxylation is 2. The number of aromatic nitrogens is 4. The lowest BCUT2D eigenvalue weighted by Crippen LogP contribution is -2.38. The number of nitrogens with zero attached hydrogens (tertiary/aromatic N) is 5. The van der Waals surface area contributed by atoms with Crippen molar-refractivity contribution in [3.63, 3.8) is 0 Å². The second-order valence-corrected chi connectivity index (χ2v) is 13.8. The van der Waals surface area contributed by atoms with Crippen molar-refractivity contribution in [2.45, 2.75) is 49.1 Å². The lowest BCUT2D eigenvalue weighted by Gasteiger charge is -2.35. The Kier molecular flexibility index (Phi) is 6.57. The van der Waals surface area contributed by atoms with Crippen LogP contribution in [0, 0.1) is 18.7 Å². The predicted molar refractivity (Wildman–Crippen MR) is 162 cm³/mol. The van der Waals surface area contributed by atoms with Gasteiger partial charge >= 0.3 is 0 Å².